The monoisotopic (exact) mass is 549 g/mol. The average Bonchev–Trinajstić information content (AvgIpc) is 3.84. The third-order valence-electron chi connectivity index (χ3n) is 8.93. The van der Waals surface area contributed by atoms with Crippen molar-refractivity contribution in [3.63, 3.8) is 0 Å². The molecule has 0 radical (unpaired) electrons. The molecule has 3 heterocycles. The lowest BCUT2D eigenvalue weighted by Gasteiger charge is -2.39. The van der Waals surface area contributed by atoms with Crippen molar-refractivity contribution in [3.05, 3.63) is 30.0 Å². The van der Waals surface area contributed by atoms with Crippen LogP contribution in [-0.4, -0.2) is 77.6 Å². The zero-order valence-electron chi connectivity index (χ0n) is 22.6. The molecular formula is C29H35N5O6. The molecule has 212 valence electrons. The van der Waals surface area contributed by atoms with Gasteiger partial charge in [-0.15, -0.1) is 0 Å². The van der Waals surface area contributed by atoms with Crippen molar-refractivity contribution < 1.29 is 28.7 Å². The second kappa shape index (κ2) is 10.3. The van der Waals surface area contributed by atoms with Crippen LogP contribution in [0.3, 0.4) is 0 Å². The van der Waals surface area contributed by atoms with Crippen molar-refractivity contribution >= 4 is 40.3 Å². The van der Waals surface area contributed by atoms with E-state index in [0.29, 0.717) is 37.4 Å². The minimum atomic E-state index is -1.15. The number of rotatable bonds is 9. The van der Waals surface area contributed by atoms with Crippen molar-refractivity contribution in [2.45, 2.75) is 69.5 Å². The third kappa shape index (κ3) is 5.16. The van der Waals surface area contributed by atoms with Gasteiger partial charge >= 0.3 is 0 Å². The van der Waals surface area contributed by atoms with Gasteiger partial charge in [-0.1, -0.05) is 6.07 Å². The van der Waals surface area contributed by atoms with Crippen LogP contribution < -0.4 is 20.7 Å². The van der Waals surface area contributed by atoms with Gasteiger partial charge in [0.25, 0.3) is 11.8 Å². The number of benzene rings is 1. The van der Waals surface area contributed by atoms with E-state index < -0.39 is 35.6 Å². The molecule has 4 aliphatic rings. The Morgan fingerprint density at radius 1 is 1.15 bits per heavy atom. The maximum atomic E-state index is 13.8. The second-order valence-electron chi connectivity index (χ2n) is 11.8. The van der Waals surface area contributed by atoms with Crippen LogP contribution in [0.15, 0.2) is 24.3 Å². The number of carbonyl (C=O) groups excluding carboxylic acids is 5. The minimum absolute atomic E-state index is 0.0151. The number of aromatic amines is 1. The van der Waals surface area contributed by atoms with Gasteiger partial charge in [-0.05, 0) is 75.0 Å². The summed E-state index contributed by atoms with van der Waals surface area (Å²) in [4.78, 5) is 70.5. The van der Waals surface area contributed by atoms with Crippen molar-refractivity contribution in [2.24, 2.45) is 11.3 Å². The molecule has 0 unspecified atom stereocenters. The molecule has 0 bridgehead atoms. The lowest BCUT2D eigenvalue weighted by atomic mass is 9.86. The molecule has 2 aromatic rings. The van der Waals surface area contributed by atoms with Crippen LogP contribution in [0.1, 0.15) is 61.9 Å². The van der Waals surface area contributed by atoms with E-state index in [-0.39, 0.29) is 29.7 Å². The molecule has 11 nitrogen and oxygen atoms in total. The number of H-pyrrole nitrogens is 1. The van der Waals surface area contributed by atoms with Gasteiger partial charge in [0.15, 0.2) is 0 Å². The highest BCUT2D eigenvalue weighted by Crippen LogP contribution is 2.55. The number of nitrogens with zero attached hydrogens (tertiary/aromatic N) is 1. The third-order valence-corrected chi connectivity index (χ3v) is 8.93. The summed E-state index contributed by atoms with van der Waals surface area (Å²) in [7, 11) is 1.57. The zero-order valence-corrected chi connectivity index (χ0v) is 22.6. The zero-order chi connectivity index (χ0) is 28.0. The van der Waals surface area contributed by atoms with Crippen molar-refractivity contribution in [1.29, 1.82) is 0 Å². The van der Waals surface area contributed by atoms with E-state index in [4.69, 9.17) is 4.74 Å². The van der Waals surface area contributed by atoms with Gasteiger partial charge in [0.1, 0.15) is 17.5 Å². The summed E-state index contributed by atoms with van der Waals surface area (Å²) in [6.45, 7) is 0.907. The molecule has 1 spiro atoms. The number of fused-ring (bicyclic) bond motifs is 1. The van der Waals surface area contributed by atoms with Gasteiger partial charge in [0, 0.05) is 36.0 Å². The van der Waals surface area contributed by atoms with E-state index in [2.05, 4.69) is 20.9 Å². The molecule has 4 fully saturated rings. The fourth-order valence-electron chi connectivity index (χ4n) is 6.12. The van der Waals surface area contributed by atoms with Crippen LogP contribution in [-0.2, 0) is 19.2 Å². The van der Waals surface area contributed by atoms with E-state index in [1.54, 1.807) is 18.1 Å². The molecule has 1 aromatic carbocycles. The van der Waals surface area contributed by atoms with Gasteiger partial charge in [-0.25, -0.2) is 0 Å². The molecule has 2 aliphatic heterocycles. The number of nitrogens with one attached hydrogen (secondary N) is 4. The SMILES string of the molecule is COc1cccc2[nH]c(C(=O)N3CCC4(CC4)C[C@H]3C(=O)N[C@@H](C[C@@H]3CCNC3=O)C(=O)C(=O)NC3CC3)cc12. The van der Waals surface area contributed by atoms with Gasteiger partial charge < -0.3 is 30.6 Å². The Hall–Kier alpha value is -3.89. The molecule has 3 atom stereocenters. The van der Waals surface area contributed by atoms with Crippen LogP contribution in [0.4, 0.5) is 0 Å². The van der Waals surface area contributed by atoms with Gasteiger partial charge in [-0.3, -0.25) is 24.0 Å². The molecule has 4 amide bonds. The summed E-state index contributed by atoms with van der Waals surface area (Å²) in [5.74, 6) is -2.29. The molecule has 2 saturated carbocycles. The summed E-state index contributed by atoms with van der Waals surface area (Å²) < 4.78 is 5.43. The van der Waals surface area contributed by atoms with Gasteiger partial charge in [-0.2, -0.15) is 0 Å². The van der Waals surface area contributed by atoms with Crippen molar-refractivity contribution in [2.75, 3.05) is 20.2 Å². The minimum Gasteiger partial charge on any atom is -0.496 e. The fourth-order valence-corrected chi connectivity index (χ4v) is 6.12. The lowest BCUT2D eigenvalue weighted by Crippen LogP contribution is -2.58. The normalized spacial score (nSPS) is 23.9. The summed E-state index contributed by atoms with van der Waals surface area (Å²) >= 11 is 0. The Kier molecular flexibility index (Phi) is 6.75. The quantitative estimate of drug-likeness (QED) is 0.348. The molecule has 4 N–H and O–H groups in total. The number of aromatic nitrogens is 1. The highest BCUT2D eigenvalue weighted by molar-refractivity contribution is 6.38. The maximum absolute atomic E-state index is 13.8. The molecular weight excluding hydrogens is 514 g/mol. The highest BCUT2D eigenvalue weighted by Gasteiger charge is 2.51. The molecule has 1 aromatic heterocycles. The Bertz CT molecular complexity index is 1380. The topological polar surface area (TPSA) is 150 Å². The van der Waals surface area contributed by atoms with E-state index in [9.17, 15) is 24.0 Å². The molecule has 11 heteroatoms. The summed E-state index contributed by atoms with van der Waals surface area (Å²) in [6.07, 6.45) is 5.51. The van der Waals surface area contributed by atoms with Crippen LogP contribution in [0.5, 0.6) is 5.75 Å². The number of piperidine rings is 1. The molecule has 6 rings (SSSR count). The van der Waals surface area contributed by atoms with E-state index >= 15 is 0 Å². The summed E-state index contributed by atoms with van der Waals surface area (Å²) in [6, 6.07) is 5.29. The summed E-state index contributed by atoms with van der Waals surface area (Å²) in [5.41, 5.74) is 1.13. The van der Waals surface area contributed by atoms with Crippen LogP contribution in [0.25, 0.3) is 10.9 Å². The second-order valence-corrected chi connectivity index (χ2v) is 11.8. The average molecular weight is 550 g/mol. The Labute approximate surface area is 231 Å². The number of carbonyl (C=O) groups is 5. The number of ether oxygens (including phenoxy) is 1. The number of Topliss-reactive ketones (excluding diaryl/α,β-unsaturated/α-hetero) is 1. The number of ketones is 1. The van der Waals surface area contributed by atoms with Crippen LogP contribution in [0, 0.1) is 11.3 Å². The molecule has 2 aliphatic carbocycles. The molecule has 2 saturated heterocycles. The Balaban J connectivity index is 1.24. The number of likely N-dealkylation sites (tertiary alicyclic amines) is 1. The summed E-state index contributed by atoms with van der Waals surface area (Å²) in [5, 5.41) is 9.02. The smallest absolute Gasteiger partial charge is 0.289 e. The first-order valence-electron chi connectivity index (χ1n) is 14.2. The highest BCUT2D eigenvalue weighted by atomic mass is 16.5. The number of amides is 4. The van der Waals surface area contributed by atoms with E-state index in [1.807, 2.05) is 18.2 Å². The predicted octanol–water partition coefficient (Wildman–Crippen LogP) is 1.42. The van der Waals surface area contributed by atoms with Crippen molar-refractivity contribution in [1.82, 2.24) is 25.8 Å². The van der Waals surface area contributed by atoms with Gasteiger partial charge in [0.2, 0.25) is 17.6 Å². The lowest BCUT2D eigenvalue weighted by molar-refractivity contribution is -0.141. The maximum Gasteiger partial charge on any atom is 0.289 e. The van der Waals surface area contributed by atoms with Crippen molar-refractivity contribution in [3.8, 4) is 5.75 Å². The van der Waals surface area contributed by atoms with Crippen LogP contribution in [0.2, 0.25) is 0 Å². The Morgan fingerprint density at radius 2 is 1.95 bits per heavy atom. The number of hydrogen-bond donors (Lipinski definition) is 4. The van der Waals surface area contributed by atoms with Crippen LogP contribution >= 0.6 is 0 Å². The first-order chi connectivity index (χ1) is 19.3. The number of methoxy groups -OCH3 is 1. The Morgan fingerprint density at radius 3 is 2.62 bits per heavy atom. The standard InChI is InChI=1S/C29H35N5O6/c1-40-23-4-2-3-19-18(23)14-21(32-19)28(39)34-12-10-29(8-9-29)15-22(34)26(37)33-20(13-16-7-11-30-25(16)36)24(35)27(38)31-17-5-6-17/h2-4,14,16-17,20,22,32H,5-13,15H2,1H3,(H,30,36)(H,31,38)(H,33,37)/t16-,20-,22-/m0/s1. The molecule has 40 heavy (non-hydrogen) atoms. The van der Waals surface area contributed by atoms with E-state index in [0.717, 1.165) is 43.0 Å². The fraction of sp³-hybridized carbons (Fsp3) is 0.552. The predicted molar refractivity (Wildman–Crippen MR) is 144 cm³/mol. The number of hydrogen-bond acceptors (Lipinski definition) is 6. The largest absolute Gasteiger partial charge is 0.496 e. The van der Waals surface area contributed by atoms with Gasteiger partial charge in [0.05, 0.1) is 13.2 Å². The van der Waals surface area contributed by atoms with E-state index in [1.165, 1.54) is 0 Å². The first kappa shape index (κ1) is 26.3. The first-order valence-corrected chi connectivity index (χ1v) is 14.2.